The molecule has 2 aliphatic heterocycles. The number of carbonyl (C=O) groups is 2. The minimum atomic E-state index is -0.309. The zero-order valence-electron chi connectivity index (χ0n) is 14.3. The predicted octanol–water partition coefficient (Wildman–Crippen LogP) is 1.78. The third-order valence-corrected chi connectivity index (χ3v) is 4.70. The van der Waals surface area contributed by atoms with E-state index >= 15 is 0 Å². The molecule has 24 heavy (non-hydrogen) atoms. The zero-order chi connectivity index (χ0) is 17.1. The second-order valence-electron chi connectivity index (χ2n) is 6.71. The van der Waals surface area contributed by atoms with Crippen molar-refractivity contribution < 1.29 is 9.59 Å². The first-order valence-electron chi connectivity index (χ1n) is 8.60. The van der Waals surface area contributed by atoms with Gasteiger partial charge in [-0.15, -0.1) is 0 Å². The number of nitrogens with one attached hydrogen (secondary N) is 3. The van der Waals surface area contributed by atoms with Crippen LogP contribution in [0.15, 0.2) is 12.3 Å². The number of nitrogens with zero attached hydrogens (tertiary/aromatic N) is 2. The summed E-state index contributed by atoms with van der Waals surface area (Å²) < 4.78 is 0. The number of rotatable bonds is 3. The highest BCUT2D eigenvalue weighted by atomic mass is 16.2. The molecule has 7 heteroatoms. The van der Waals surface area contributed by atoms with Gasteiger partial charge in [-0.25, -0.2) is 9.78 Å². The van der Waals surface area contributed by atoms with Gasteiger partial charge in [-0.3, -0.25) is 4.79 Å². The largest absolute Gasteiger partial charge is 0.354 e. The summed E-state index contributed by atoms with van der Waals surface area (Å²) in [5, 5.41) is 8.28. The molecule has 2 atom stereocenters. The first kappa shape index (κ1) is 16.5. The Labute approximate surface area is 142 Å². The summed E-state index contributed by atoms with van der Waals surface area (Å²) in [5.74, 6) is 0.969. The van der Waals surface area contributed by atoms with E-state index in [1.165, 1.54) is 19.3 Å². The molecule has 0 bridgehead atoms. The maximum absolute atomic E-state index is 12.0. The molecule has 0 saturated carbocycles. The topological polar surface area (TPSA) is 86.4 Å². The van der Waals surface area contributed by atoms with E-state index in [0.717, 1.165) is 17.9 Å². The number of carbonyl (C=O) groups excluding carboxylic acids is 2. The summed E-state index contributed by atoms with van der Waals surface area (Å²) in [5.41, 5.74) is 1.72. The van der Waals surface area contributed by atoms with Crippen molar-refractivity contribution in [3.8, 4) is 0 Å². The van der Waals surface area contributed by atoms with Crippen molar-refractivity contribution in [3.05, 3.63) is 17.8 Å². The lowest BCUT2D eigenvalue weighted by atomic mass is 10.0. The van der Waals surface area contributed by atoms with E-state index in [9.17, 15) is 9.59 Å². The van der Waals surface area contributed by atoms with Gasteiger partial charge in [0.25, 0.3) is 0 Å². The number of piperidine rings is 1. The van der Waals surface area contributed by atoms with Crippen molar-refractivity contribution in [2.75, 3.05) is 23.3 Å². The van der Waals surface area contributed by atoms with Crippen LogP contribution < -0.4 is 20.9 Å². The van der Waals surface area contributed by atoms with Crippen LogP contribution in [0.5, 0.6) is 0 Å². The molecule has 3 heterocycles. The first-order chi connectivity index (χ1) is 11.5. The molecule has 2 aliphatic rings. The molecule has 0 aliphatic carbocycles. The molecule has 1 aromatic rings. The molecule has 1 aromatic heterocycles. The fraction of sp³-hybridized carbons (Fsp3) is 0.588. The van der Waals surface area contributed by atoms with E-state index in [1.807, 2.05) is 13.0 Å². The molecule has 0 unspecified atom stereocenters. The highest BCUT2D eigenvalue weighted by Crippen LogP contribution is 2.27. The Bertz CT molecular complexity index is 633. The summed E-state index contributed by atoms with van der Waals surface area (Å²) in [6.45, 7) is 5.77. The average Bonchev–Trinajstić information content (AvgIpc) is 2.93. The first-order valence-corrected chi connectivity index (χ1v) is 8.60. The van der Waals surface area contributed by atoms with Crippen molar-refractivity contribution >= 4 is 23.4 Å². The van der Waals surface area contributed by atoms with Gasteiger partial charge < -0.3 is 20.9 Å². The minimum Gasteiger partial charge on any atom is -0.354 e. The Morgan fingerprint density at radius 1 is 1.42 bits per heavy atom. The van der Waals surface area contributed by atoms with Crippen molar-refractivity contribution in [1.82, 2.24) is 15.6 Å². The molecule has 2 fully saturated rings. The molecule has 7 nitrogen and oxygen atoms in total. The van der Waals surface area contributed by atoms with E-state index in [4.69, 9.17) is 0 Å². The van der Waals surface area contributed by atoms with Crippen molar-refractivity contribution in [2.24, 2.45) is 0 Å². The number of pyridine rings is 1. The Balaban J connectivity index is 1.61. The lowest BCUT2D eigenvalue weighted by Crippen LogP contribution is -2.39. The molecule has 3 amide bonds. The summed E-state index contributed by atoms with van der Waals surface area (Å²) in [6.07, 6.45) is 5.69. The number of urea groups is 1. The van der Waals surface area contributed by atoms with Crippen molar-refractivity contribution in [2.45, 2.75) is 51.6 Å². The van der Waals surface area contributed by atoms with Crippen LogP contribution in [-0.2, 0) is 4.79 Å². The second-order valence-corrected chi connectivity index (χ2v) is 6.71. The average molecular weight is 331 g/mol. The predicted molar refractivity (Wildman–Crippen MR) is 93.2 cm³/mol. The van der Waals surface area contributed by atoms with Gasteiger partial charge in [-0.2, -0.15) is 0 Å². The summed E-state index contributed by atoms with van der Waals surface area (Å²) >= 11 is 0. The smallest absolute Gasteiger partial charge is 0.319 e. The Hall–Kier alpha value is -2.31. The van der Waals surface area contributed by atoms with Crippen LogP contribution >= 0.6 is 0 Å². The van der Waals surface area contributed by atoms with Crippen LogP contribution in [0.4, 0.5) is 16.3 Å². The second kappa shape index (κ2) is 7.07. The SMILES string of the molecule is Cc1cc(NC(=O)N[C@H]2CNC(=O)C2)cnc1N1CCCC[C@H]1C. The fourth-order valence-corrected chi connectivity index (χ4v) is 3.41. The maximum atomic E-state index is 12.0. The molecule has 2 saturated heterocycles. The molecule has 3 rings (SSSR count). The highest BCUT2D eigenvalue weighted by Gasteiger charge is 2.23. The van der Waals surface area contributed by atoms with Gasteiger partial charge in [0.05, 0.1) is 17.9 Å². The van der Waals surface area contributed by atoms with Crippen LogP contribution in [0.1, 0.15) is 38.2 Å². The number of amides is 3. The number of hydrogen-bond acceptors (Lipinski definition) is 4. The summed E-state index contributed by atoms with van der Waals surface area (Å²) in [6, 6.07) is 1.98. The van der Waals surface area contributed by atoms with Crippen LogP contribution in [0.3, 0.4) is 0 Å². The Kier molecular flexibility index (Phi) is 4.87. The van der Waals surface area contributed by atoms with Crippen LogP contribution in [0.25, 0.3) is 0 Å². The lowest BCUT2D eigenvalue weighted by Gasteiger charge is -2.35. The third kappa shape index (κ3) is 3.77. The number of hydrogen-bond donors (Lipinski definition) is 3. The molecule has 3 N–H and O–H groups in total. The van der Waals surface area contributed by atoms with E-state index in [2.05, 4.69) is 32.8 Å². The quantitative estimate of drug-likeness (QED) is 0.788. The van der Waals surface area contributed by atoms with E-state index in [1.54, 1.807) is 6.20 Å². The summed E-state index contributed by atoms with van der Waals surface area (Å²) in [4.78, 5) is 30.1. The van der Waals surface area contributed by atoms with Crippen LogP contribution in [0.2, 0.25) is 0 Å². The lowest BCUT2D eigenvalue weighted by molar-refractivity contribution is -0.119. The highest BCUT2D eigenvalue weighted by molar-refractivity contribution is 5.90. The van der Waals surface area contributed by atoms with E-state index in [0.29, 0.717) is 24.7 Å². The van der Waals surface area contributed by atoms with E-state index < -0.39 is 0 Å². The van der Waals surface area contributed by atoms with Gasteiger partial charge in [-0.05, 0) is 44.7 Å². The van der Waals surface area contributed by atoms with Gasteiger partial charge in [0.2, 0.25) is 5.91 Å². The van der Waals surface area contributed by atoms with Crippen molar-refractivity contribution in [1.29, 1.82) is 0 Å². The normalized spacial score (nSPS) is 23.8. The number of aromatic nitrogens is 1. The van der Waals surface area contributed by atoms with Gasteiger partial charge in [0.1, 0.15) is 5.82 Å². The van der Waals surface area contributed by atoms with Gasteiger partial charge in [0, 0.05) is 25.6 Å². The molecule has 130 valence electrons. The number of aryl methyl sites for hydroxylation is 1. The van der Waals surface area contributed by atoms with E-state index in [-0.39, 0.29) is 18.0 Å². The fourth-order valence-electron chi connectivity index (χ4n) is 3.41. The zero-order valence-corrected chi connectivity index (χ0v) is 14.3. The van der Waals surface area contributed by atoms with Crippen LogP contribution in [0, 0.1) is 6.92 Å². The molecule has 0 aromatic carbocycles. The third-order valence-electron chi connectivity index (χ3n) is 4.70. The van der Waals surface area contributed by atoms with Gasteiger partial charge in [-0.1, -0.05) is 0 Å². The minimum absolute atomic E-state index is 0.0298. The molecular weight excluding hydrogens is 306 g/mol. The number of anilines is 2. The Morgan fingerprint density at radius 3 is 2.92 bits per heavy atom. The van der Waals surface area contributed by atoms with Crippen molar-refractivity contribution in [3.63, 3.8) is 0 Å². The molecule has 0 spiro atoms. The molecule has 0 radical (unpaired) electrons. The monoisotopic (exact) mass is 331 g/mol. The maximum Gasteiger partial charge on any atom is 0.319 e. The Morgan fingerprint density at radius 2 is 2.25 bits per heavy atom. The van der Waals surface area contributed by atoms with Gasteiger partial charge in [0.15, 0.2) is 0 Å². The summed E-state index contributed by atoms with van der Waals surface area (Å²) in [7, 11) is 0. The standard InChI is InChI=1S/C17H25N5O2/c1-11-7-13(20-17(24)21-14-8-15(23)18-9-14)10-19-16(11)22-6-4-3-5-12(22)2/h7,10,12,14H,3-6,8-9H2,1-2H3,(H,18,23)(H2,20,21,24)/t12-,14-/m1/s1. The molecular formula is C17H25N5O2. The van der Waals surface area contributed by atoms with Gasteiger partial charge >= 0.3 is 6.03 Å². The van der Waals surface area contributed by atoms with Crippen LogP contribution in [-0.4, -0.2) is 42.1 Å².